The highest BCUT2D eigenvalue weighted by Gasteiger charge is 2.22. The lowest BCUT2D eigenvalue weighted by Gasteiger charge is -2.14. The van der Waals surface area contributed by atoms with E-state index < -0.39 is 34.5 Å². The van der Waals surface area contributed by atoms with Crippen LogP contribution in [0, 0.1) is 0 Å². The van der Waals surface area contributed by atoms with E-state index in [-0.39, 0.29) is 12.3 Å². The first-order chi connectivity index (χ1) is 13.6. The smallest absolute Gasteiger partial charge is 0.323 e. The molecule has 29 heavy (non-hydrogen) atoms. The Kier molecular flexibility index (Phi) is 8.10. The van der Waals surface area contributed by atoms with Crippen molar-refractivity contribution in [3.8, 4) is 0 Å². The number of rotatable bonds is 9. The fraction of sp³-hybridized carbons (Fsp3) is 0.500. The molecule has 2 heterocycles. The van der Waals surface area contributed by atoms with Gasteiger partial charge in [-0.1, -0.05) is 0 Å². The highest BCUT2D eigenvalue weighted by Crippen LogP contribution is 2.18. The summed E-state index contributed by atoms with van der Waals surface area (Å²) in [6, 6.07) is 1.82. The van der Waals surface area contributed by atoms with E-state index in [0.717, 1.165) is 24.1 Å². The molecule has 2 rings (SSSR count). The maximum Gasteiger partial charge on any atom is 0.323 e. The number of thiophene rings is 1. The van der Waals surface area contributed by atoms with Gasteiger partial charge < -0.3 is 15.7 Å². The van der Waals surface area contributed by atoms with Crippen LogP contribution in [0.2, 0.25) is 0 Å². The number of aliphatic imine (C=N–C) groups is 1. The number of carboxylic acid groups (broad SMARTS) is 1. The molecule has 2 amide bonds. The number of carbonyl (C=O) groups excluding carboxylic acids is 2. The van der Waals surface area contributed by atoms with Crippen LogP contribution in [0.15, 0.2) is 17.1 Å². The molecule has 1 aliphatic rings. The summed E-state index contributed by atoms with van der Waals surface area (Å²) < 4.78 is 24.3. The van der Waals surface area contributed by atoms with Crippen LogP contribution < -0.4 is 20.7 Å². The molecule has 13 heteroatoms. The van der Waals surface area contributed by atoms with Crippen molar-refractivity contribution in [1.29, 1.82) is 0 Å². The fourth-order valence-corrected chi connectivity index (χ4v) is 4.03. The molecular weight excluding hydrogens is 422 g/mol. The topological polar surface area (TPSA) is 166 Å². The molecule has 1 aromatic heterocycles. The number of aliphatic carboxylic acids is 1. The van der Waals surface area contributed by atoms with Gasteiger partial charge in [-0.05, 0) is 25.0 Å². The van der Waals surface area contributed by atoms with Crippen LogP contribution in [0.3, 0.4) is 0 Å². The third-order valence-electron chi connectivity index (χ3n) is 3.76. The van der Waals surface area contributed by atoms with E-state index in [0.29, 0.717) is 23.8 Å². The first kappa shape index (κ1) is 22.8. The van der Waals surface area contributed by atoms with Crippen LogP contribution in [0.25, 0.3) is 0 Å². The number of carbonyl (C=O) groups is 3. The van der Waals surface area contributed by atoms with Gasteiger partial charge in [0.15, 0.2) is 5.96 Å². The van der Waals surface area contributed by atoms with Crippen molar-refractivity contribution in [2.45, 2.75) is 25.3 Å². The van der Waals surface area contributed by atoms with Crippen LogP contribution in [0.5, 0.6) is 0 Å². The predicted molar refractivity (Wildman–Crippen MR) is 107 cm³/mol. The van der Waals surface area contributed by atoms with E-state index in [1.165, 1.54) is 11.3 Å². The predicted octanol–water partition coefficient (Wildman–Crippen LogP) is -1.12. The quantitative estimate of drug-likeness (QED) is 0.321. The van der Waals surface area contributed by atoms with Crippen molar-refractivity contribution in [3.63, 3.8) is 0 Å². The zero-order chi connectivity index (χ0) is 21.4. The van der Waals surface area contributed by atoms with Gasteiger partial charge in [0, 0.05) is 30.9 Å². The Morgan fingerprint density at radius 3 is 2.72 bits per heavy atom. The second kappa shape index (κ2) is 10.3. The summed E-state index contributed by atoms with van der Waals surface area (Å²) in [5, 5.41) is 17.1. The Hall–Kier alpha value is -2.51. The van der Waals surface area contributed by atoms with Gasteiger partial charge in [-0.25, -0.2) is 8.42 Å². The molecule has 0 spiro atoms. The lowest BCUT2D eigenvalue weighted by molar-refractivity contribution is -0.138. The lowest BCUT2D eigenvalue weighted by Crippen LogP contribution is -2.47. The van der Waals surface area contributed by atoms with E-state index in [4.69, 9.17) is 5.11 Å². The number of sulfonamides is 1. The summed E-state index contributed by atoms with van der Waals surface area (Å²) in [6.45, 7) is 1.05. The summed E-state index contributed by atoms with van der Waals surface area (Å²) >= 11 is 1.18. The number of nitrogens with zero attached hydrogens (tertiary/aromatic N) is 1. The molecule has 1 aliphatic heterocycles. The van der Waals surface area contributed by atoms with Crippen LogP contribution in [0.4, 0.5) is 0 Å². The van der Waals surface area contributed by atoms with Gasteiger partial charge in [-0.15, -0.1) is 11.3 Å². The van der Waals surface area contributed by atoms with E-state index in [1.807, 2.05) is 4.72 Å². The average Bonchev–Trinajstić information content (AvgIpc) is 3.12. The Labute approximate surface area is 172 Å². The molecular formula is C16H23N5O6S2. The van der Waals surface area contributed by atoms with Gasteiger partial charge in [-0.2, -0.15) is 4.72 Å². The van der Waals surface area contributed by atoms with Crippen LogP contribution in [0.1, 0.15) is 27.4 Å². The largest absolute Gasteiger partial charge is 0.480 e. The molecule has 1 aromatic rings. The standard InChI is InChI=1S/C16H23N5O6S2/c1-29(26,27)21-11(15(24)25)9-19-14(23)12-5-3-10(28-12)4-6-13(22)20-16-17-7-2-8-18-16/h3,5,11,21H,2,4,6-9H2,1H3,(H,19,23)(H,24,25)(H2,17,18,20,22)/t11-/m0/s1. The van der Waals surface area contributed by atoms with Crippen molar-refractivity contribution in [1.82, 2.24) is 20.7 Å². The number of guanidine groups is 1. The minimum absolute atomic E-state index is 0.186. The van der Waals surface area contributed by atoms with Gasteiger partial charge in [0.2, 0.25) is 15.9 Å². The third-order valence-corrected chi connectivity index (χ3v) is 5.62. The first-order valence-electron chi connectivity index (χ1n) is 8.79. The number of nitrogens with one attached hydrogen (secondary N) is 4. The first-order valence-corrected chi connectivity index (χ1v) is 11.5. The molecule has 11 nitrogen and oxygen atoms in total. The second-order valence-corrected chi connectivity index (χ2v) is 9.26. The van der Waals surface area contributed by atoms with Gasteiger partial charge in [0.1, 0.15) is 6.04 Å². The Morgan fingerprint density at radius 2 is 2.10 bits per heavy atom. The molecule has 0 aromatic carbocycles. The van der Waals surface area contributed by atoms with E-state index in [2.05, 4.69) is 20.9 Å². The Balaban J connectivity index is 1.82. The van der Waals surface area contributed by atoms with Gasteiger partial charge in [0.25, 0.3) is 5.91 Å². The zero-order valence-corrected chi connectivity index (χ0v) is 17.4. The van der Waals surface area contributed by atoms with Gasteiger partial charge >= 0.3 is 5.97 Å². The van der Waals surface area contributed by atoms with Gasteiger partial charge in [-0.3, -0.25) is 24.7 Å². The fourth-order valence-electron chi connectivity index (χ4n) is 2.40. The summed E-state index contributed by atoms with van der Waals surface area (Å²) in [6.07, 6.45) is 2.42. The van der Waals surface area contributed by atoms with Crippen molar-refractivity contribution in [3.05, 3.63) is 21.9 Å². The summed E-state index contributed by atoms with van der Waals surface area (Å²) in [5.74, 6) is -1.63. The normalized spacial score (nSPS) is 15.0. The zero-order valence-electron chi connectivity index (χ0n) is 15.7. The Bertz CT molecular complexity index is 895. The Morgan fingerprint density at radius 1 is 1.34 bits per heavy atom. The van der Waals surface area contributed by atoms with E-state index in [9.17, 15) is 22.8 Å². The van der Waals surface area contributed by atoms with Crippen molar-refractivity contribution in [2.24, 2.45) is 4.99 Å². The molecule has 0 saturated heterocycles. The lowest BCUT2D eigenvalue weighted by atomic mass is 10.2. The number of carboxylic acids is 1. The van der Waals surface area contributed by atoms with E-state index >= 15 is 0 Å². The number of hydrogen-bond donors (Lipinski definition) is 5. The molecule has 1 atom stereocenters. The highest BCUT2D eigenvalue weighted by molar-refractivity contribution is 7.88. The summed E-state index contributed by atoms with van der Waals surface area (Å²) in [7, 11) is -3.73. The van der Waals surface area contributed by atoms with Crippen molar-refractivity contribution >= 4 is 45.1 Å². The molecule has 0 saturated carbocycles. The minimum atomic E-state index is -3.73. The highest BCUT2D eigenvalue weighted by atomic mass is 32.2. The van der Waals surface area contributed by atoms with E-state index in [1.54, 1.807) is 12.1 Å². The molecule has 0 radical (unpaired) electrons. The third kappa shape index (κ3) is 8.17. The number of aryl methyl sites for hydroxylation is 1. The van der Waals surface area contributed by atoms with Crippen LogP contribution in [-0.4, -0.2) is 69.2 Å². The molecule has 0 bridgehead atoms. The number of hydrogen-bond acceptors (Lipinski definition) is 8. The molecule has 0 fully saturated rings. The number of amides is 2. The molecule has 0 unspecified atom stereocenters. The maximum absolute atomic E-state index is 12.2. The van der Waals surface area contributed by atoms with Crippen LogP contribution >= 0.6 is 11.3 Å². The average molecular weight is 446 g/mol. The molecule has 160 valence electrons. The van der Waals surface area contributed by atoms with Crippen LogP contribution in [-0.2, 0) is 26.0 Å². The minimum Gasteiger partial charge on any atom is -0.480 e. The summed E-state index contributed by atoms with van der Waals surface area (Å²) in [5.41, 5.74) is 0. The van der Waals surface area contributed by atoms with Crippen molar-refractivity contribution in [2.75, 3.05) is 25.9 Å². The second-order valence-electron chi connectivity index (χ2n) is 6.32. The summed E-state index contributed by atoms with van der Waals surface area (Å²) in [4.78, 5) is 40.5. The molecule has 0 aliphatic carbocycles. The SMILES string of the molecule is CS(=O)(=O)N[C@@H](CNC(=O)c1ccc(CCC(=O)NC2=NCCCN2)s1)C(=O)O. The maximum atomic E-state index is 12.2. The van der Waals surface area contributed by atoms with Gasteiger partial charge in [0.05, 0.1) is 11.1 Å². The molecule has 5 N–H and O–H groups in total. The monoisotopic (exact) mass is 445 g/mol. The van der Waals surface area contributed by atoms with Crippen molar-refractivity contribution < 1.29 is 27.9 Å².